The molecule has 1 aromatic carbocycles. The standard InChI is InChI=1S/C12H18ClNS/c1-15-12-5-3-11(4-6-12)7-10-14-9-2-8-13/h3-6,14H,2,7-10H2,1H3. The number of hydrogen-bond donors (Lipinski definition) is 1. The summed E-state index contributed by atoms with van der Waals surface area (Å²) in [7, 11) is 0. The molecule has 0 saturated heterocycles. The van der Waals surface area contributed by atoms with Crippen LogP contribution in [0, 0.1) is 0 Å². The third-order valence-electron chi connectivity index (χ3n) is 2.24. The van der Waals surface area contributed by atoms with Crippen LogP contribution in [-0.2, 0) is 6.42 Å². The number of alkyl halides is 1. The predicted octanol–water partition coefficient (Wildman–Crippen LogP) is 3.17. The molecule has 84 valence electrons. The van der Waals surface area contributed by atoms with Gasteiger partial charge in [-0.3, -0.25) is 0 Å². The second-order valence-electron chi connectivity index (χ2n) is 3.39. The van der Waals surface area contributed by atoms with Crippen LogP contribution in [0.15, 0.2) is 29.2 Å². The van der Waals surface area contributed by atoms with Crippen LogP contribution in [0.2, 0.25) is 0 Å². The van der Waals surface area contributed by atoms with Crippen molar-refractivity contribution in [3.63, 3.8) is 0 Å². The number of thioether (sulfide) groups is 1. The Morgan fingerprint density at radius 2 is 1.93 bits per heavy atom. The lowest BCUT2D eigenvalue weighted by Gasteiger charge is -2.04. The number of halogens is 1. The molecular formula is C12H18ClNS. The van der Waals surface area contributed by atoms with E-state index >= 15 is 0 Å². The molecule has 1 N–H and O–H groups in total. The summed E-state index contributed by atoms with van der Waals surface area (Å²) in [6.07, 6.45) is 4.24. The Balaban J connectivity index is 2.20. The summed E-state index contributed by atoms with van der Waals surface area (Å²) >= 11 is 7.37. The van der Waals surface area contributed by atoms with E-state index in [1.165, 1.54) is 10.5 Å². The van der Waals surface area contributed by atoms with Gasteiger partial charge in [0.15, 0.2) is 0 Å². The van der Waals surface area contributed by atoms with Crippen molar-refractivity contribution >= 4 is 23.4 Å². The first kappa shape index (κ1) is 12.9. The lowest BCUT2D eigenvalue weighted by Crippen LogP contribution is -2.18. The van der Waals surface area contributed by atoms with E-state index in [1.807, 2.05) is 0 Å². The lowest BCUT2D eigenvalue weighted by molar-refractivity contribution is 0.673. The molecule has 0 atom stereocenters. The van der Waals surface area contributed by atoms with Gasteiger partial charge in [-0.15, -0.1) is 23.4 Å². The summed E-state index contributed by atoms with van der Waals surface area (Å²) in [5, 5.41) is 3.37. The molecule has 0 bridgehead atoms. The van der Waals surface area contributed by atoms with Gasteiger partial charge in [0.2, 0.25) is 0 Å². The van der Waals surface area contributed by atoms with Crippen LogP contribution < -0.4 is 5.32 Å². The van der Waals surface area contributed by atoms with Crippen LogP contribution in [0.5, 0.6) is 0 Å². The number of nitrogens with one attached hydrogen (secondary N) is 1. The third kappa shape index (κ3) is 5.45. The quantitative estimate of drug-likeness (QED) is 0.449. The molecule has 15 heavy (non-hydrogen) atoms. The molecule has 0 aliphatic heterocycles. The molecule has 0 saturated carbocycles. The van der Waals surface area contributed by atoms with Crippen molar-refractivity contribution in [3.8, 4) is 0 Å². The fourth-order valence-electron chi connectivity index (χ4n) is 1.34. The highest BCUT2D eigenvalue weighted by Crippen LogP contribution is 2.14. The smallest absolute Gasteiger partial charge is 0.0235 e. The average Bonchev–Trinajstić information content (AvgIpc) is 2.30. The highest BCUT2D eigenvalue weighted by atomic mass is 35.5. The topological polar surface area (TPSA) is 12.0 Å². The normalized spacial score (nSPS) is 10.5. The summed E-state index contributed by atoms with van der Waals surface area (Å²) in [4.78, 5) is 1.33. The van der Waals surface area contributed by atoms with Crippen LogP contribution >= 0.6 is 23.4 Å². The second kappa shape index (κ2) is 8.03. The van der Waals surface area contributed by atoms with Crippen molar-refractivity contribution in [1.82, 2.24) is 5.32 Å². The first-order valence-corrected chi connectivity index (χ1v) is 7.02. The Kier molecular flexibility index (Phi) is 6.90. The van der Waals surface area contributed by atoms with E-state index in [4.69, 9.17) is 11.6 Å². The van der Waals surface area contributed by atoms with E-state index in [9.17, 15) is 0 Å². The molecule has 0 fully saturated rings. The van der Waals surface area contributed by atoms with E-state index in [2.05, 4.69) is 35.8 Å². The van der Waals surface area contributed by atoms with Crippen LogP contribution in [0.1, 0.15) is 12.0 Å². The Labute approximate surface area is 102 Å². The molecule has 0 aliphatic carbocycles. The minimum Gasteiger partial charge on any atom is -0.316 e. The minimum atomic E-state index is 0.745. The second-order valence-corrected chi connectivity index (χ2v) is 4.65. The van der Waals surface area contributed by atoms with Crippen molar-refractivity contribution in [2.24, 2.45) is 0 Å². The van der Waals surface area contributed by atoms with Crippen LogP contribution in [0.4, 0.5) is 0 Å². The van der Waals surface area contributed by atoms with E-state index in [0.717, 1.165) is 31.8 Å². The maximum absolute atomic E-state index is 5.59. The van der Waals surface area contributed by atoms with Gasteiger partial charge in [0.1, 0.15) is 0 Å². The summed E-state index contributed by atoms with van der Waals surface area (Å²) in [6.45, 7) is 2.06. The van der Waals surface area contributed by atoms with Gasteiger partial charge in [-0.25, -0.2) is 0 Å². The van der Waals surface area contributed by atoms with Gasteiger partial charge in [-0.1, -0.05) is 12.1 Å². The molecular weight excluding hydrogens is 226 g/mol. The number of hydrogen-bond acceptors (Lipinski definition) is 2. The van der Waals surface area contributed by atoms with Crippen molar-refractivity contribution in [2.75, 3.05) is 25.2 Å². The Morgan fingerprint density at radius 3 is 2.53 bits per heavy atom. The van der Waals surface area contributed by atoms with Crippen molar-refractivity contribution < 1.29 is 0 Å². The predicted molar refractivity (Wildman–Crippen MR) is 70.1 cm³/mol. The van der Waals surface area contributed by atoms with Crippen LogP contribution in [-0.4, -0.2) is 25.2 Å². The molecule has 3 heteroatoms. The monoisotopic (exact) mass is 243 g/mol. The van der Waals surface area contributed by atoms with Crippen LogP contribution in [0.3, 0.4) is 0 Å². The zero-order valence-electron chi connectivity index (χ0n) is 9.13. The number of rotatable bonds is 7. The zero-order chi connectivity index (χ0) is 10.9. The third-order valence-corrected chi connectivity index (χ3v) is 3.25. The van der Waals surface area contributed by atoms with Crippen molar-refractivity contribution in [1.29, 1.82) is 0 Å². The molecule has 0 unspecified atom stereocenters. The highest BCUT2D eigenvalue weighted by Gasteiger charge is 1.93. The van der Waals surface area contributed by atoms with Gasteiger partial charge < -0.3 is 5.32 Å². The molecule has 0 heterocycles. The summed E-state index contributed by atoms with van der Waals surface area (Å²) < 4.78 is 0. The Hall–Kier alpha value is -0.180. The van der Waals surface area contributed by atoms with Crippen LogP contribution in [0.25, 0.3) is 0 Å². The molecule has 1 nitrogen and oxygen atoms in total. The summed E-state index contributed by atoms with van der Waals surface area (Å²) in [5.74, 6) is 0.745. The molecule has 0 amide bonds. The van der Waals surface area contributed by atoms with E-state index in [1.54, 1.807) is 11.8 Å². The molecule has 1 rings (SSSR count). The summed E-state index contributed by atoms with van der Waals surface area (Å²) in [6, 6.07) is 8.77. The van der Waals surface area contributed by atoms with Gasteiger partial charge in [0, 0.05) is 10.8 Å². The lowest BCUT2D eigenvalue weighted by atomic mass is 10.1. The molecule has 0 radical (unpaired) electrons. The van der Waals surface area contributed by atoms with Gasteiger partial charge >= 0.3 is 0 Å². The van der Waals surface area contributed by atoms with Gasteiger partial charge in [0.05, 0.1) is 0 Å². The molecule has 0 aliphatic rings. The first-order valence-electron chi connectivity index (χ1n) is 5.26. The largest absolute Gasteiger partial charge is 0.316 e. The van der Waals surface area contributed by atoms with Gasteiger partial charge in [-0.2, -0.15) is 0 Å². The average molecular weight is 244 g/mol. The summed E-state index contributed by atoms with van der Waals surface area (Å²) in [5.41, 5.74) is 1.39. The maximum Gasteiger partial charge on any atom is 0.0235 e. The minimum absolute atomic E-state index is 0.745. The first-order chi connectivity index (χ1) is 7.36. The Bertz CT molecular complexity index is 261. The fraction of sp³-hybridized carbons (Fsp3) is 0.500. The maximum atomic E-state index is 5.59. The zero-order valence-corrected chi connectivity index (χ0v) is 10.7. The fourth-order valence-corrected chi connectivity index (χ4v) is 1.88. The SMILES string of the molecule is CSc1ccc(CCNCCCCl)cc1. The molecule has 0 aromatic heterocycles. The highest BCUT2D eigenvalue weighted by molar-refractivity contribution is 7.98. The van der Waals surface area contributed by atoms with E-state index in [0.29, 0.717) is 0 Å². The van der Waals surface area contributed by atoms with Gasteiger partial charge in [0.25, 0.3) is 0 Å². The number of benzene rings is 1. The van der Waals surface area contributed by atoms with Crippen molar-refractivity contribution in [3.05, 3.63) is 29.8 Å². The van der Waals surface area contributed by atoms with E-state index < -0.39 is 0 Å². The molecule has 1 aromatic rings. The molecule has 0 spiro atoms. The van der Waals surface area contributed by atoms with E-state index in [-0.39, 0.29) is 0 Å². The van der Waals surface area contributed by atoms with Crippen molar-refractivity contribution in [2.45, 2.75) is 17.7 Å². The Morgan fingerprint density at radius 1 is 1.20 bits per heavy atom. The van der Waals surface area contributed by atoms with Gasteiger partial charge in [-0.05, 0) is 49.9 Å².